The maximum Gasteiger partial charge on any atom is 0.337 e. The number of aliphatic hydroxyl groups is 8. The van der Waals surface area contributed by atoms with Crippen LogP contribution in [0.2, 0.25) is 0 Å². The lowest BCUT2D eigenvalue weighted by molar-refractivity contribution is -0.115. The fourth-order valence-corrected chi connectivity index (χ4v) is 12.9. The number of benzene rings is 2. The van der Waals surface area contributed by atoms with Gasteiger partial charge in [-0.25, -0.2) is 9.59 Å². The molecule has 0 spiro atoms. The van der Waals surface area contributed by atoms with Gasteiger partial charge in [0.2, 0.25) is 11.8 Å². The van der Waals surface area contributed by atoms with E-state index >= 15 is 0 Å². The van der Waals surface area contributed by atoms with E-state index < -0.39 is 54.8 Å². The van der Waals surface area contributed by atoms with Gasteiger partial charge in [-0.2, -0.15) is 0 Å². The molecule has 0 radical (unpaired) electrons. The molecule has 2 aromatic rings. The Morgan fingerprint density at radius 2 is 0.869 bits per heavy atom. The van der Waals surface area contributed by atoms with Crippen molar-refractivity contribution in [3.05, 3.63) is 43.7 Å². The minimum absolute atomic E-state index is 0.0421. The molecule has 0 aliphatic rings. The van der Waals surface area contributed by atoms with Gasteiger partial charge in [0.05, 0.1) is 80.4 Å². The van der Waals surface area contributed by atoms with Gasteiger partial charge in [0.25, 0.3) is 11.8 Å². The quantitative estimate of drug-likeness (QED) is 0.0874. The number of carboxylic acid groups (broad SMARTS) is 2. The first-order chi connectivity index (χ1) is 28.4. The topological polar surface area (TPSA) is 391 Å². The molecule has 0 aliphatic carbocycles. The fraction of sp³-hybridized carbons (Fsp3) is 0.455. The summed E-state index contributed by atoms with van der Waals surface area (Å²) in [5.41, 5.74) is 5.60. The summed E-state index contributed by atoms with van der Waals surface area (Å²) in [6.07, 6.45) is -5.65. The highest BCUT2D eigenvalue weighted by atomic mass is 127. The van der Waals surface area contributed by atoms with Crippen LogP contribution in [0.25, 0.3) is 0 Å². The predicted octanol–water partition coefficient (Wildman–Crippen LogP) is -0.663. The van der Waals surface area contributed by atoms with Crippen LogP contribution >= 0.6 is 136 Å². The third kappa shape index (κ3) is 20.5. The lowest BCUT2D eigenvalue weighted by Gasteiger charge is -2.25. The van der Waals surface area contributed by atoms with Crippen LogP contribution in [0.1, 0.15) is 55.3 Å². The molecule has 22 nitrogen and oxygen atoms in total. The molecule has 0 aromatic heterocycles. The van der Waals surface area contributed by atoms with E-state index in [1.54, 1.807) is 52.2 Å². The second-order valence-corrected chi connectivity index (χ2v) is 17.9. The molecule has 0 fully saturated rings. The first-order valence-electron chi connectivity index (χ1n) is 16.9. The van der Waals surface area contributed by atoms with Crippen molar-refractivity contribution in [2.45, 2.75) is 38.3 Å². The van der Waals surface area contributed by atoms with Gasteiger partial charge < -0.3 is 83.4 Å². The van der Waals surface area contributed by atoms with Crippen molar-refractivity contribution in [3.8, 4) is 0 Å². The van der Waals surface area contributed by atoms with Gasteiger partial charge >= 0.3 is 11.9 Å². The number of halogens is 6. The summed E-state index contributed by atoms with van der Waals surface area (Å²) in [6.45, 7) is 2.15. The first kappa shape index (κ1) is 62.3. The fourth-order valence-electron chi connectivity index (χ4n) is 4.08. The molecule has 0 bridgehead atoms. The van der Waals surface area contributed by atoms with Crippen molar-refractivity contribution >= 4 is 182 Å². The number of aromatic carboxylic acids is 2. The number of aliphatic hydroxyl groups excluding tert-OH is 8. The second-order valence-electron chi connectivity index (χ2n) is 11.4. The van der Waals surface area contributed by atoms with Gasteiger partial charge in [0, 0.05) is 47.2 Å². The summed E-state index contributed by atoms with van der Waals surface area (Å²) in [5, 5.41) is 102. The van der Waals surface area contributed by atoms with E-state index in [1.807, 2.05) is 90.4 Å². The third-order valence-corrected chi connectivity index (χ3v) is 13.3. The molecule has 0 saturated heterocycles. The van der Waals surface area contributed by atoms with Gasteiger partial charge in [-0.05, 0) is 143 Å². The summed E-state index contributed by atoms with van der Waals surface area (Å²) in [5.74, 6) is -4.12. The second kappa shape index (κ2) is 32.8. The number of anilines is 2. The standard InChI is InChI=1S/2C12H11I3N2O5.C7H17NO5.C2H7NO/c2*1-4(19)17-10-8(14)5(11(20)16-2-3-18)7(13)6(9(10)15)12(21)22;1-8-2-4(10)6(12)7(13)5(11)3-9;3-1-2-4/h2*18H,2-3H2,1H3,(H,16,20)(H,17,19)(H,21,22);4-13H,2-3H2,1H3;4H,1-3H2. The number of amides is 4. The first-order valence-corrected chi connectivity index (χ1v) is 23.4. The Balaban J connectivity index is 0. The zero-order chi connectivity index (χ0) is 47.9. The van der Waals surface area contributed by atoms with E-state index in [-0.39, 0.29) is 80.7 Å². The Labute approximate surface area is 431 Å². The lowest BCUT2D eigenvalue weighted by Crippen LogP contribution is -2.48. The van der Waals surface area contributed by atoms with Crippen LogP contribution in [0, 0.1) is 21.4 Å². The monoisotopic (exact) mass is 1540 g/mol. The Bertz CT molecular complexity index is 1720. The van der Waals surface area contributed by atoms with Gasteiger partial charge in [-0.1, -0.05) is 0 Å². The molecule has 61 heavy (non-hydrogen) atoms. The summed E-state index contributed by atoms with van der Waals surface area (Å²) >= 11 is 11.0. The predicted molar refractivity (Wildman–Crippen MR) is 272 cm³/mol. The van der Waals surface area contributed by atoms with Gasteiger partial charge in [-0.15, -0.1) is 0 Å². The molecule has 0 heterocycles. The number of nitrogens with one attached hydrogen (secondary N) is 5. The number of carbonyl (C=O) groups excluding carboxylic acids is 4. The number of carbonyl (C=O) groups is 6. The van der Waals surface area contributed by atoms with Crippen LogP contribution in [0.15, 0.2) is 0 Å². The average molecular weight is 1540 g/mol. The van der Waals surface area contributed by atoms with Gasteiger partial charge in [0.15, 0.2) is 0 Å². The van der Waals surface area contributed by atoms with Crippen molar-refractivity contribution in [2.75, 3.05) is 70.3 Å². The van der Waals surface area contributed by atoms with Crippen LogP contribution in [0.4, 0.5) is 11.4 Å². The molecule has 4 atom stereocenters. The summed E-state index contributed by atoms with van der Waals surface area (Å²) in [7, 11) is 1.57. The number of nitrogens with two attached hydrogens (primary N) is 1. The third-order valence-electron chi connectivity index (χ3n) is 6.78. The summed E-state index contributed by atoms with van der Waals surface area (Å²) in [6, 6.07) is 0. The lowest BCUT2D eigenvalue weighted by atomic mass is 10.0. The van der Waals surface area contributed by atoms with Crippen molar-refractivity contribution in [1.29, 1.82) is 0 Å². The Morgan fingerprint density at radius 1 is 0.557 bits per heavy atom. The van der Waals surface area contributed by atoms with E-state index in [0.717, 1.165) is 0 Å². The highest BCUT2D eigenvalue weighted by Crippen LogP contribution is 2.37. The Kier molecular flexibility index (Phi) is 33.5. The van der Waals surface area contributed by atoms with Crippen LogP contribution in [0.5, 0.6) is 0 Å². The number of rotatable bonds is 17. The van der Waals surface area contributed by atoms with E-state index in [1.165, 1.54) is 13.8 Å². The normalized spacial score (nSPS) is 12.3. The SMILES string of the molecule is CC(=O)Nc1c(I)c(C(=O)O)c(I)c(C(=O)NCCO)c1I.CC(=O)Nc1c(I)c(C(=O)O)c(I)c(C(=O)NCCO)c1I.CNCC(O)C(O)C(O)C(O)CO.NCCO. The largest absolute Gasteiger partial charge is 0.478 e. The van der Waals surface area contributed by atoms with Crippen molar-refractivity contribution in [3.63, 3.8) is 0 Å². The minimum Gasteiger partial charge on any atom is -0.478 e. The Hall–Kier alpha value is -0.760. The molecule has 17 N–H and O–H groups in total. The molecule has 346 valence electrons. The summed E-state index contributed by atoms with van der Waals surface area (Å²) in [4.78, 5) is 70.1. The number of carboxylic acids is 2. The van der Waals surface area contributed by atoms with Crippen LogP contribution in [0.3, 0.4) is 0 Å². The smallest absolute Gasteiger partial charge is 0.337 e. The maximum absolute atomic E-state index is 12.2. The van der Waals surface area contributed by atoms with Crippen molar-refractivity contribution < 1.29 is 79.8 Å². The molecule has 0 aliphatic heterocycles. The molecular formula is C33H46I6N6O16. The zero-order valence-electron chi connectivity index (χ0n) is 32.2. The van der Waals surface area contributed by atoms with Crippen molar-refractivity contribution in [1.82, 2.24) is 16.0 Å². The Morgan fingerprint density at radius 3 is 1.11 bits per heavy atom. The van der Waals surface area contributed by atoms with E-state index in [9.17, 15) is 44.1 Å². The number of hydrogen-bond donors (Lipinski definition) is 16. The molecule has 0 saturated carbocycles. The number of likely N-dealkylation sites (N-methyl/N-ethyl adjacent to an activating group) is 1. The van der Waals surface area contributed by atoms with Gasteiger partial charge in [-0.3, -0.25) is 19.2 Å². The molecule has 28 heteroatoms. The molecular weight excluding hydrogens is 1500 g/mol. The molecule has 2 rings (SSSR count). The highest BCUT2D eigenvalue weighted by Gasteiger charge is 2.31. The average Bonchev–Trinajstić information content (AvgIpc) is 3.18. The zero-order valence-corrected chi connectivity index (χ0v) is 45.2. The molecule has 4 unspecified atom stereocenters. The van der Waals surface area contributed by atoms with Crippen LogP contribution in [-0.4, -0.2) is 171 Å². The van der Waals surface area contributed by atoms with Crippen LogP contribution in [-0.2, 0) is 9.59 Å². The van der Waals surface area contributed by atoms with Crippen LogP contribution < -0.4 is 32.3 Å². The minimum atomic E-state index is -1.55. The molecule has 2 aromatic carbocycles. The van der Waals surface area contributed by atoms with E-state index in [4.69, 9.17) is 41.5 Å². The number of hydrogen-bond acceptors (Lipinski definition) is 16. The summed E-state index contributed by atoms with van der Waals surface area (Å²) < 4.78 is 2.16. The maximum atomic E-state index is 12.2. The van der Waals surface area contributed by atoms with E-state index in [0.29, 0.717) is 32.2 Å². The van der Waals surface area contributed by atoms with Gasteiger partial charge in [0.1, 0.15) is 18.3 Å². The van der Waals surface area contributed by atoms with Crippen molar-refractivity contribution in [2.24, 2.45) is 5.73 Å². The highest BCUT2D eigenvalue weighted by molar-refractivity contribution is 14.1. The molecule has 4 amide bonds. The van der Waals surface area contributed by atoms with E-state index in [2.05, 4.69) is 26.6 Å².